The molecule has 0 heterocycles. The molecule has 2 heteroatoms. The zero-order valence-corrected chi connectivity index (χ0v) is 11.3. The number of hydrogen-bond donors (Lipinski definition) is 0. The van der Waals surface area contributed by atoms with E-state index in [4.69, 9.17) is 4.74 Å². The summed E-state index contributed by atoms with van der Waals surface area (Å²) in [4.78, 5) is 0. The molecule has 0 aliphatic heterocycles. The lowest BCUT2D eigenvalue weighted by Crippen LogP contribution is -2.10. The quantitative estimate of drug-likeness (QED) is 0.762. The number of halogens is 1. The first-order valence-electron chi connectivity index (χ1n) is 5.56. The van der Waals surface area contributed by atoms with Gasteiger partial charge in [0.1, 0.15) is 5.75 Å². The van der Waals surface area contributed by atoms with Crippen molar-refractivity contribution in [2.24, 2.45) is 5.92 Å². The largest absolute Gasteiger partial charge is 0.493 e. The molecular weight excluding hydrogens is 252 g/mol. The van der Waals surface area contributed by atoms with Gasteiger partial charge in [0.2, 0.25) is 0 Å². The highest BCUT2D eigenvalue weighted by molar-refractivity contribution is 9.10. The van der Waals surface area contributed by atoms with E-state index >= 15 is 0 Å². The Kier molecular flexibility index (Phi) is 5.16. The van der Waals surface area contributed by atoms with E-state index in [2.05, 4.69) is 42.8 Å². The molecular formula is C13H19BrO. The normalized spacial score (nSPS) is 10.7. The topological polar surface area (TPSA) is 9.23 Å². The number of benzene rings is 1. The summed E-state index contributed by atoms with van der Waals surface area (Å²) >= 11 is 3.45. The van der Waals surface area contributed by atoms with Crippen molar-refractivity contribution in [1.29, 1.82) is 0 Å². The van der Waals surface area contributed by atoms with Crippen molar-refractivity contribution in [2.45, 2.75) is 33.6 Å². The Morgan fingerprint density at radius 1 is 1.27 bits per heavy atom. The molecule has 0 radical (unpaired) electrons. The van der Waals surface area contributed by atoms with Gasteiger partial charge < -0.3 is 4.74 Å². The van der Waals surface area contributed by atoms with Crippen LogP contribution in [-0.2, 0) is 0 Å². The maximum absolute atomic E-state index is 5.81. The second kappa shape index (κ2) is 6.16. The molecule has 0 aliphatic rings. The lowest BCUT2D eigenvalue weighted by Gasteiger charge is -2.15. The van der Waals surface area contributed by atoms with Crippen LogP contribution in [0.15, 0.2) is 22.7 Å². The van der Waals surface area contributed by atoms with Crippen LogP contribution in [0.5, 0.6) is 5.75 Å². The molecule has 84 valence electrons. The predicted octanol–water partition coefficient (Wildman–Crippen LogP) is 4.57. The van der Waals surface area contributed by atoms with Gasteiger partial charge in [-0.25, -0.2) is 0 Å². The molecule has 0 bridgehead atoms. The fourth-order valence-electron chi connectivity index (χ4n) is 1.51. The second-order valence-corrected chi connectivity index (χ2v) is 4.82. The third-order valence-electron chi connectivity index (χ3n) is 2.77. The molecule has 0 aromatic heterocycles. The van der Waals surface area contributed by atoms with Crippen molar-refractivity contribution < 1.29 is 4.74 Å². The Morgan fingerprint density at radius 3 is 2.47 bits per heavy atom. The molecule has 0 spiro atoms. The molecule has 0 N–H and O–H groups in total. The summed E-state index contributed by atoms with van der Waals surface area (Å²) in [6.45, 7) is 7.33. The van der Waals surface area contributed by atoms with E-state index in [-0.39, 0.29) is 0 Å². The summed E-state index contributed by atoms with van der Waals surface area (Å²) < 4.78 is 6.92. The molecule has 0 amide bonds. The Bertz CT molecular complexity index is 305. The monoisotopic (exact) mass is 270 g/mol. The lowest BCUT2D eigenvalue weighted by atomic mass is 10.1. The average Bonchev–Trinajstić information content (AvgIpc) is 2.22. The standard InChI is InChI=1S/C13H19BrO/c1-4-11(5-2)9-15-13-7-6-12(14)8-10(13)3/h6-8,11H,4-5,9H2,1-3H3. The molecule has 1 rings (SSSR count). The summed E-state index contributed by atoms with van der Waals surface area (Å²) in [5, 5.41) is 0. The van der Waals surface area contributed by atoms with Gasteiger partial charge in [-0.1, -0.05) is 42.6 Å². The number of hydrogen-bond acceptors (Lipinski definition) is 1. The lowest BCUT2D eigenvalue weighted by molar-refractivity contribution is 0.239. The summed E-state index contributed by atoms with van der Waals surface area (Å²) in [6.07, 6.45) is 2.37. The van der Waals surface area contributed by atoms with Gasteiger partial charge in [0, 0.05) is 4.47 Å². The van der Waals surface area contributed by atoms with E-state index in [0.717, 1.165) is 16.8 Å². The van der Waals surface area contributed by atoms with Crippen LogP contribution in [0.1, 0.15) is 32.3 Å². The van der Waals surface area contributed by atoms with Crippen LogP contribution < -0.4 is 4.74 Å². The molecule has 1 aromatic rings. The molecule has 15 heavy (non-hydrogen) atoms. The minimum Gasteiger partial charge on any atom is -0.493 e. The average molecular weight is 271 g/mol. The van der Waals surface area contributed by atoms with Crippen LogP contribution in [0.2, 0.25) is 0 Å². The smallest absolute Gasteiger partial charge is 0.122 e. The van der Waals surface area contributed by atoms with Crippen molar-refractivity contribution >= 4 is 15.9 Å². The predicted molar refractivity (Wildman–Crippen MR) is 68.4 cm³/mol. The number of aryl methyl sites for hydroxylation is 1. The van der Waals surface area contributed by atoms with Crippen molar-refractivity contribution in [3.8, 4) is 5.75 Å². The Labute approximate surface area is 101 Å². The van der Waals surface area contributed by atoms with Crippen LogP contribution in [0.25, 0.3) is 0 Å². The molecule has 1 aromatic carbocycles. The van der Waals surface area contributed by atoms with Crippen molar-refractivity contribution in [3.05, 3.63) is 28.2 Å². The van der Waals surface area contributed by atoms with Gasteiger partial charge in [0.15, 0.2) is 0 Å². The zero-order valence-electron chi connectivity index (χ0n) is 9.72. The molecule has 0 saturated heterocycles. The van der Waals surface area contributed by atoms with E-state index in [9.17, 15) is 0 Å². The van der Waals surface area contributed by atoms with Gasteiger partial charge in [-0.15, -0.1) is 0 Å². The van der Waals surface area contributed by atoms with Crippen LogP contribution in [0.3, 0.4) is 0 Å². The van der Waals surface area contributed by atoms with Gasteiger partial charge in [-0.3, -0.25) is 0 Å². The fourth-order valence-corrected chi connectivity index (χ4v) is 1.98. The van der Waals surface area contributed by atoms with Gasteiger partial charge in [-0.05, 0) is 36.6 Å². The van der Waals surface area contributed by atoms with Crippen LogP contribution in [-0.4, -0.2) is 6.61 Å². The van der Waals surface area contributed by atoms with Gasteiger partial charge in [0.05, 0.1) is 6.61 Å². The first-order valence-corrected chi connectivity index (χ1v) is 6.35. The number of ether oxygens (including phenoxy) is 1. The second-order valence-electron chi connectivity index (χ2n) is 3.90. The molecule has 0 fully saturated rings. The summed E-state index contributed by atoms with van der Waals surface area (Å²) in [7, 11) is 0. The minimum atomic E-state index is 0.674. The van der Waals surface area contributed by atoms with E-state index < -0.39 is 0 Å². The maximum Gasteiger partial charge on any atom is 0.122 e. The summed E-state index contributed by atoms with van der Waals surface area (Å²) in [5.41, 5.74) is 1.19. The van der Waals surface area contributed by atoms with E-state index in [1.54, 1.807) is 0 Å². The van der Waals surface area contributed by atoms with Crippen LogP contribution in [0.4, 0.5) is 0 Å². The van der Waals surface area contributed by atoms with Crippen LogP contribution in [0, 0.1) is 12.8 Å². The third-order valence-corrected chi connectivity index (χ3v) is 3.26. The molecule has 0 aliphatic carbocycles. The zero-order chi connectivity index (χ0) is 11.3. The maximum atomic E-state index is 5.81. The highest BCUT2D eigenvalue weighted by Crippen LogP contribution is 2.23. The highest BCUT2D eigenvalue weighted by atomic mass is 79.9. The fraction of sp³-hybridized carbons (Fsp3) is 0.538. The molecule has 1 nitrogen and oxygen atoms in total. The molecule has 0 unspecified atom stereocenters. The van der Waals surface area contributed by atoms with Gasteiger partial charge in [-0.2, -0.15) is 0 Å². The van der Waals surface area contributed by atoms with Crippen molar-refractivity contribution in [1.82, 2.24) is 0 Å². The van der Waals surface area contributed by atoms with Crippen molar-refractivity contribution in [2.75, 3.05) is 6.61 Å². The minimum absolute atomic E-state index is 0.674. The van der Waals surface area contributed by atoms with Gasteiger partial charge in [0.25, 0.3) is 0 Å². The third kappa shape index (κ3) is 3.86. The first kappa shape index (κ1) is 12.6. The first-order chi connectivity index (χ1) is 7.17. The summed E-state index contributed by atoms with van der Waals surface area (Å²) in [5.74, 6) is 1.68. The Balaban J connectivity index is 2.57. The number of rotatable bonds is 5. The SMILES string of the molecule is CCC(CC)COc1ccc(Br)cc1C. The van der Waals surface area contributed by atoms with E-state index in [1.807, 2.05) is 12.1 Å². The van der Waals surface area contributed by atoms with Crippen molar-refractivity contribution in [3.63, 3.8) is 0 Å². The molecule has 0 atom stereocenters. The summed E-state index contributed by atoms with van der Waals surface area (Å²) in [6, 6.07) is 6.14. The van der Waals surface area contributed by atoms with Crippen LogP contribution >= 0.6 is 15.9 Å². The Hall–Kier alpha value is -0.500. The van der Waals surface area contributed by atoms with E-state index in [0.29, 0.717) is 5.92 Å². The van der Waals surface area contributed by atoms with E-state index in [1.165, 1.54) is 18.4 Å². The highest BCUT2D eigenvalue weighted by Gasteiger charge is 2.06. The van der Waals surface area contributed by atoms with Gasteiger partial charge >= 0.3 is 0 Å². The Morgan fingerprint density at radius 2 is 1.93 bits per heavy atom. The molecule has 0 saturated carbocycles.